The van der Waals surface area contributed by atoms with E-state index < -0.39 is 10.0 Å². The summed E-state index contributed by atoms with van der Waals surface area (Å²) in [6, 6.07) is 14.3. The van der Waals surface area contributed by atoms with Crippen molar-refractivity contribution in [1.29, 1.82) is 0 Å². The van der Waals surface area contributed by atoms with E-state index in [1.807, 2.05) is 42.2 Å². The Morgan fingerprint density at radius 3 is 2.53 bits per heavy atom. The molecule has 0 aromatic heterocycles. The fourth-order valence-corrected chi connectivity index (χ4v) is 6.98. The van der Waals surface area contributed by atoms with Crippen molar-refractivity contribution in [3.8, 4) is 5.75 Å². The number of hydrogen-bond donors (Lipinski definition) is 0. The van der Waals surface area contributed by atoms with Gasteiger partial charge >= 0.3 is 0 Å². The molecule has 0 saturated heterocycles. The van der Waals surface area contributed by atoms with Crippen molar-refractivity contribution in [1.82, 2.24) is 9.21 Å². The number of sulfonamides is 1. The molecule has 0 radical (unpaired) electrons. The maximum atomic E-state index is 13.9. The van der Waals surface area contributed by atoms with Crippen LogP contribution in [0.5, 0.6) is 5.75 Å². The van der Waals surface area contributed by atoms with Gasteiger partial charge in [0, 0.05) is 19.6 Å². The SMILES string of the molecule is CCCN1CCCCN(S(=O)(=O)c2cccc(C)c2)[C@@H]2CCCC[C@@H]2Oc2ccccc2C1=O. The van der Waals surface area contributed by atoms with Crippen LogP contribution < -0.4 is 4.74 Å². The van der Waals surface area contributed by atoms with Gasteiger partial charge in [-0.15, -0.1) is 0 Å². The first-order valence-electron chi connectivity index (χ1n) is 12.6. The molecule has 1 amide bonds. The number of nitrogens with zero attached hydrogens (tertiary/aromatic N) is 2. The molecule has 1 fully saturated rings. The zero-order valence-corrected chi connectivity index (χ0v) is 21.1. The van der Waals surface area contributed by atoms with E-state index in [-0.39, 0.29) is 18.1 Å². The average Bonchev–Trinajstić information content (AvgIpc) is 2.83. The smallest absolute Gasteiger partial charge is 0.257 e. The number of para-hydroxylation sites is 1. The first kappa shape index (κ1) is 24.7. The molecule has 2 aliphatic rings. The van der Waals surface area contributed by atoms with E-state index in [2.05, 4.69) is 6.92 Å². The lowest BCUT2D eigenvalue weighted by Gasteiger charge is -2.40. The molecule has 4 rings (SSSR count). The summed E-state index contributed by atoms with van der Waals surface area (Å²) in [5, 5.41) is 0. The Balaban J connectivity index is 1.74. The molecule has 1 aliphatic carbocycles. The van der Waals surface area contributed by atoms with Gasteiger partial charge in [-0.05, 0) is 75.3 Å². The lowest BCUT2D eigenvalue weighted by molar-refractivity contribution is 0.0636. The van der Waals surface area contributed by atoms with Crippen LogP contribution in [-0.2, 0) is 10.0 Å². The monoisotopic (exact) mass is 484 g/mol. The Hall–Kier alpha value is -2.38. The fourth-order valence-electron chi connectivity index (χ4n) is 5.15. The van der Waals surface area contributed by atoms with Gasteiger partial charge in [-0.3, -0.25) is 4.79 Å². The van der Waals surface area contributed by atoms with Gasteiger partial charge < -0.3 is 9.64 Å². The number of ether oxygens (including phenoxy) is 1. The third-order valence-electron chi connectivity index (χ3n) is 6.87. The number of hydrogen-bond acceptors (Lipinski definition) is 4. The normalized spacial score (nSPS) is 22.6. The largest absolute Gasteiger partial charge is 0.488 e. The van der Waals surface area contributed by atoms with Gasteiger partial charge in [-0.1, -0.05) is 37.6 Å². The van der Waals surface area contributed by atoms with E-state index in [4.69, 9.17) is 4.74 Å². The van der Waals surface area contributed by atoms with Gasteiger partial charge in [0.1, 0.15) is 11.9 Å². The highest BCUT2D eigenvalue weighted by molar-refractivity contribution is 7.89. The standard InChI is InChI=1S/C27H36N2O4S/c1-3-17-28-18-8-9-19-29(34(31,32)22-12-10-11-21(2)20-22)24-14-5-7-16-26(24)33-25-15-6-4-13-23(25)27(28)30/h4,6,10-13,15,20,24,26H,3,5,7-9,14,16-19H2,1-2H3/t24-,26+/m1/s1. The molecule has 0 unspecified atom stereocenters. The van der Waals surface area contributed by atoms with Crippen molar-refractivity contribution in [2.24, 2.45) is 0 Å². The van der Waals surface area contributed by atoms with E-state index in [1.54, 1.807) is 22.5 Å². The summed E-state index contributed by atoms with van der Waals surface area (Å²) in [6.07, 6.45) is 5.51. The Kier molecular flexibility index (Phi) is 7.94. The zero-order chi connectivity index (χ0) is 24.1. The number of amides is 1. The van der Waals surface area contributed by atoms with Crippen LogP contribution in [0.2, 0.25) is 0 Å². The number of carbonyl (C=O) groups excluding carboxylic acids is 1. The summed E-state index contributed by atoms with van der Waals surface area (Å²) >= 11 is 0. The summed E-state index contributed by atoms with van der Waals surface area (Å²) in [7, 11) is -3.68. The molecule has 0 N–H and O–H groups in total. The molecule has 184 valence electrons. The van der Waals surface area contributed by atoms with E-state index in [9.17, 15) is 13.2 Å². The maximum absolute atomic E-state index is 13.9. The highest BCUT2D eigenvalue weighted by atomic mass is 32.2. The van der Waals surface area contributed by atoms with Crippen LogP contribution in [0.3, 0.4) is 0 Å². The average molecular weight is 485 g/mol. The molecule has 1 heterocycles. The van der Waals surface area contributed by atoms with Crippen LogP contribution in [0.4, 0.5) is 0 Å². The third kappa shape index (κ3) is 5.31. The number of aryl methyl sites for hydroxylation is 1. The van der Waals surface area contributed by atoms with Crippen LogP contribution in [0.1, 0.15) is 67.8 Å². The lowest BCUT2D eigenvalue weighted by Crippen LogP contribution is -2.51. The van der Waals surface area contributed by atoms with Crippen LogP contribution in [-0.4, -0.2) is 55.3 Å². The minimum atomic E-state index is -3.68. The molecule has 7 heteroatoms. The summed E-state index contributed by atoms with van der Waals surface area (Å²) in [4.78, 5) is 15.6. The lowest BCUT2D eigenvalue weighted by atomic mass is 9.92. The molecule has 2 aromatic carbocycles. The Morgan fingerprint density at radius 2 is 1.74 bits per heavy atom. The van der Waals surface area contributed by atoms with E-state index in [1.165, 1.54) is 0 Å². The summed E-state index contributed by atoms with van der Waals surface area (Å²) in [5.41, 5.74) is 1.49. The number of carbonyl (C=O) groups is 1. The summed E-state index contributed by atoms with van der Waals surface area (Å²) < 4.78 is 36.0. The van der Waals surface area contributed by atoms with Crippen LogP contribution >= 0.6 is 0 Å². The highest BCUT2D eigenvalue weighted by Gasteiger charge is 2.39. The third-order valence-corrected chi connectivity index (χ3v) is 8.79. The second kappa shape index (κ2) is 10.9. The van der Waals surface area contributed by atoms with Crippen molar-refractivity contribution in [3.05, 3.63) is 59.7 Å². The summed E-state index contributed by atoms with van der Waals surface area (Å²) in [6.45, 7) is 5.68. The second-order valence-electron chi connectivity index (χ2n) is 9.44. The highest BCUT2D eigenvalue weighted by Crippen LogP contribution is 2.33. The van der Waals surface area contributed by atoms with Crippen molar-refractivity contribution in [2.45, 2.75) is 75.8 Å². The fraction of sp³-hybridized carbons (Fsp3) is 0.519. The van der Waals surface area contributed by atoms with Gasteiger partial charge in [0.2, 0.25) is 10.0 Å². The molecule has 2 atom stereocenters. The quantitative estimate of drug-likeness (QED) is 0.611. The molecule has 6 nitrogen and oxygen atoms in total. The number of fused-ring (bicyclic) bond motifs is 2. The van der Waals surface area contributed by atoms with Gasteiger partial charge in [-0.2, -0.15) is 4.31 Å². The first-order chi connectivity index (χ1) is 16.4. The molecule has 0 spiro atoms. The van der Waals surface area contributed by atoms with Gasteiger partial charge in [0.05, 0.1) is 16.5 Å². The van der Waals surface area contributed by atoms with E-state index in [0.29, 0.717) is 42.3 Å². The predicted molar refractivity (Wildman–Crippen MR) is 134 cm³/mol. The van der Waals surface area contributed by atoms with E-state index in [0.717, 1.165) is 44.1 Å². The van der Waals surface area contributed by atoms with Gasteiger partial charge in [0.15, 0.2) is 0 Å². The Bertz CT molecular complexity index is 1100. The Morgan fingerprint density at radius 1 is 0.971 bits per heavy atom. The molecule has 2 aromatic rings. The van der Waals surface area contributed by atoms with Crippen molar-refractivity contribution < 1.29 is 17.9 Å². The van der Waals surface area contributed by atoms with Crippen molar-refractivity contribution in [3.63, 3.8) is 0 Å². The number of benzene rings is 2. The summed E-state index contributed by atoms with van der Waals surface area (Å²) in [5.74, 6) is 0.550. The zero-order valence-electron chi connectivity index (χ0n) is 20.3. The first-order valence-corrected chi connectivity index (χ1v) is 14.0. The van der Waals surface area contributed by atoms with Gasteiger partial charge in [-0.25, -0.2) is 8.42 Å². The topological polar surface area (TPSA) is 66.9 Å². The van der Waals surface area contributed by atoms with Crippen LogP contribution in [0.25, 0.3) is 0 Å². The van der Waals surface area contributed by atoms with Crippen molar-refractivity contribution >= 4 is 15.9 Å². The molecular formula is C27H36N2O4S. The van der Waals surface area contributed by atoms with Crippen molar-refractivity contribution in [2.75, 3.05) is 19.6 Å². The predicted octanol–water partition coefficient (Wildman–Crippen LogP) is 5.02. The molecule has 0 bridgehead atoms. The molecule has 1 saturated carbocycles. The van der Waals surface area contributed by atoms with E-state index >= 15 is 0 Å². The number of rotatable bonds is 4. The Labute approximate surface area is 204 Å². The molecule has 1 aliphatic heterocycles. The molecule has 34 heavy (non-hydrogen) atoms. The molecular weight excluding hydrogens is 448 g/mol. The maximum Gasteiger partial charge on any atom is 0.257 e. The van der Waals surface area contributed by atoms with Crippen LogP contribution in [0.15, 0.2) is 53.4 Å². The minimum Gasteiger partial charge on any atom is -0.488 e. The minimum absolute atomic E-state index is 0.00498. The second-order valence-corrected chi connectivity index (χ2v) is 11.3. The van der Waals surface area contributed by atoms with Gasteiger partial charge in [0.25, 0.3) is 5.91 Å². The van der Waals surface area contributed by atoms with Crippen LogP contribution in [0, 0.1) is 6.92 Å².